The molecule has 0 heterocycles. The van der Waals surface area contributed by atoms with Gasteiger partial charge in [0.15, 0.2) is 0 Å². The maximum Gasteiger partial charge on any atom is 0.433 e. The number of anilines is 1. The van der Waals surface area contributed by atoms with Crippen LogP contribution in [0.15, 0.2) is 30.3 Å². The molecular weight excluding hydrogens is 272 g/mol. The predicted molar refractivity (Wildman–Crippen MR) is 79.6 cm³/mol. The van der Waals surface area contributed by atoms with Crippen molar-refractivity contribution in [1.29, 1.82) is 0 Å². The van der Waals surface area contributed by atoms with Gasteiger partial charge < -0.3 is 9.84 Å². The largest absolute Gasteiger partial charge is 0.448 e. The molecule has 0 saturated carbocycles. The van der Waals surface area contributed by atoms with E-state index in [1.165, 1.54) is 0 Å². The molecule has 0 aliphatic heterocycles. The lowest BCUT2D eigenvalue weighted by Gasteiger charge is -2.29. The summed E-state index contributed by atoms with van der Waals surface area (Å²) < 4.78 is 4.93. The van der Waals surface area contributed by atoms with Gasteiger partial charge in [-0.2, -0.15) is 5.01 Å². The second kappa shape index (κ2) is 7.64. The van der Waals surface area contributed by atoms with Crippen LogP contribution in [-0.4, -0.2) is 29.3 Å². The van der Waals surface area contributed by atoms with Crippen LogP contribution in [0.25, 0.3) is 0 Å². The van der Waals surface area contributed by atoms with Crippen molar-refractivity contribution in [2.45, 2.75) is 39.2 Å². The van der Waals surface area contributed by atoms with Crippen LogP contribution in [-0.2, 0) is 9.53 Å². The lowest BCUT2D eigenvalue weighted by molar-refractivity contribution is -0.140. The van der Waals surface area contributed by atoms with Crippen molar-refractivity contribution in [2.75, 3.05) is 11.6 Å². The van der Waals surface area contributed by atoms with Gasteiger partial charge >= 0.3 is 6.09 Å². The van der Waals surface area contributed by atoms with Gasteiger partial charge in [-0.05, 0) is 31.9 Å². The molecule has 1 aromatic carbocycles. The van der Waals surface area contributed by atoms with Crippen LogP contribution in [0.1, 0.15) is 33.6 Å². The number of hydrogen-bond donors (Lipinski definition) is 2. The van der Waals surface area contributed by atoms with Gasteiger partial charge in [0.1, 0.15) is 5.60 Å². The number of ether oxygens (including phenoxy) is 1. The number of nitrogens with one attached hydrogen (secondary N) is 1. The monoisotopic (exact) mass is 294 g/mol. The minimum atomic E-state index is -1.51. The Morgan fingerprint density at radius 1 is 1.19 bits per heavy atom. The number of rotatable bonds is 5. The molecule has 2 N–H and O–H groups in total. The van der Waals surface area contributed by atoms with E-state index in [0.29, 0.717) is 5.69 Å². The molecule has 0 fully saturated rings. The number of aliphatic hydroxyl groups is 1. The summed E-state index contributed by atoms with van der Waals surface area (Å²) >= 11 is 0. The highest BCUT2D eigenvalue weighted by atomic mass is 16.6. The first kappa shape index (κ1) is 17.0. The molecule has 116 valence electrons. The zero-order chi connectivity index (χ0) is 15.9. The van der Waals surface area contributed by atoms with Crippen molar-refractivity contribution in [3.63, 3.8) is 0 Å². The van der Waals surface area contributed by atoms with E-state index in [1.54, 1.807) is 51.1 Å². The van der Waals surface area contributed by atoms with Crippen LogP contribution >= 0.6 is 0 Å². The Bertz CT molecular complexity index is 472. The first-order valence-corrected chi connectivity index (χ1v) is 7.03. The number of nitrogens with zero attached hydrogens (tertiary/aromatic N) is 1. The molecule has 1 rings (SSSR count). The molecule has 0 bridgehead atoms. The average Bonchev–Trinajstić information content (AvgIpc) is 2.52. The van der Waals surface area contributed by atoms with Gasteiger partial charge in [0, 0.05) is 0 Å². The number of carbonyl (C=O) groups excluding carboxylic acids is 2. The average molecular weight is 294 g/mol. The fourth-order valence-corrected chi connectivity index (χ4v) is 1.76. The van der Waals surface area contributed by atoms with Crippen molar-refractivity contribution < 1.29 is 19.4 Å². The molecule has 0 spiro atoms. The molecule has 0 atom stereocenters. The second-order valence-corrected chi connectivity index (χ2v) is 4.55. The van der Waals surface area contributed by atoms with E-state index in [0.717, 1.165) is 5.01 Å². The van der Waals surface area contributed by atoms with E-state index in [1.807, 2.05) is 0 Å². The summed E-state index contributed by atoms with van der Waals surface area (Å²) in [5.74, 6) is -0.635. The van der Waals surface area contributed by atoms with Crippen molar-refractivity contribution in [1.82, 2.24) is 5.43 Å². The number of hydrazine groups is 1. The van der Waals surface area contributed by atoms with E-state index < -0.39 is 17.6 Å². The minimum absolute atomic E-state index is 0.184. The van der Waals surface area contributed by atoms with Gasteiger partial charge in [0.2, 0.25) is 0 Å². The number of benzene rings is 1. The Balaban J connectivity index is 2.99. The van der Waals surface area contributed by atoms with Gasteiger partial charge in [0.05, 0.1) is 12.3 Å². The molecule has 2 amide bonds. The topological polar surface area (TPSA) is 78.9 Å². The highest BCUT2D eigenvalue weighted by Gasteiger charge is 2.34. The Hall–Kier alpha value is -2.08. The molecule has 0 unspecified atom stereocenters. The quantitative estimate of drug-likeness (QED) is 0.816. The first-order chi connectivity index (χ1) is 9.98. The summed E-state index contributed by atoms with van der Waals surface area (Å²) in [6.07, 6.45) is -0.201. The van der Waals surface area contributed by atoms with Gasteiger partial charge in [-0.25, -0.2) is 4.79 Å². The molecule has 6 heteroatoms. The summed E-state index contributed by atoms with van der Waals surface area (Å²) in [5.41, 5.74) is 1.37. The third-order valence-corrected chi connectivity index (χ3v) is 3.27. The lowest BCUT2D eigenvalue weighted by Crippen LogP contribution is -2.55. The Morgan fingerprint density at radius 2 is 1.76 bits per heavy atom. The summed E-state index contributed by atoms with van der Waals surface area (Å²) in [6.45, 7) is 5.28. The smallest absolute Gasteiger partial charge is 0.433 e. The Labute approximate surface area is 124 Å². The van der Waals surface area contributed by atoms with Crippen LogP contribution < -0.4 is 10.4 Å². The molecule has 0 radical (unpaired) electrons. The fraction of sp³-hybridized carbons (Fsp3) is 0.467. The van der Waals surface area contributed by atoms with Crippen LogP contribution in [0.3, 0.4) is 0 Å². The third kappa shape index (κ3) is 4.19. The molecule has 0 aliphatic carbocycles. The van der Waals surface area contributed by atoms with Crippen LogP contribution in [0.5, 0.6) is 0 Å². The molecule has 0 aromatic heterocycles. The van der Waals surface area contributed by atoms with Crippen molar-refractivity contribution in [3.05, 3.63) is 30.3 Å². The zero-order valence-corrected chi connectivity index (χ0v) is 12.6. The summed E-state index contributed by atoms with van der Waals surface area (Å²) in [6, 6.07) is 8.59. The zero-order valence-electron chi connectivity index (χ0n) is 12.6. The van der Waals surface area contributed by atoms with Crippen molar-refractivity contribution in [2.24, 2.45) is 0 Å². The number of amides is 2. The fourth-order valence-electron chi connectivity index (χ4n) is 1.76. The summed E-state index contributed by atoms with van der Waals surface area (Å²) in [4.78, 5) is 24.2. The van der Waals surface area contributed by atoms with E-state index in [9.17, 15) is 14.7 Å². The van der Waals surface area contributed by atoms with Crippen LogP contribution in [0.2, 0.25) is 0 Å². The molecule has 21 heavy (non-hydrogen) atoms. The highest BCUT2D eigenvalue weighted by Crippen LogP contribution is 2.17. The lowest BCUT2D eigenvalue weighted by atomic mass is 9.97. The molecule has 6 nitrogen and oxygen atoms in total. The molecule has 0 saturated heterocycles. The maximum absolute atomic E-state index is 12.2. The normalized spacial score (nSPS) is 10.9. The standard InChI is InChI=1S/C15H22N2O4/c1-4-15(20,5-2)13(18)16-17(14(19)21-6-3)12-10-8-7-9-11-12/h7-11,20H,4-6H2,1-3H3,(H,16,18). The number of carbonyl (C=O) groups is 2. The predicted octanol–water partition coefficient (Wildman–Crippen LogP) is 2.23. The highest BCUT2D eigenvalue weighted by molar-refractivity contribution is 5.94. The maximum atomic E-state index is 12.2. The van der Waals surface area contributed by atoms with E-state index in [2.05, 4.69) is 5.43 Å². The second-order valence-electron chi connectivity index (χ2n) is 4.55. The van der Waals surface area contributed by atoms with Crippen molar-refractivity contribution >= 4 is 17.7 Å². The van der Waals surface area contributed by atoms with Gasteiger partial charge in [0.25, 0.3) is 5.91 Å². The van der Waals surface area contributed by atoms with E-state index in [4.69, 9.17) is 4.74 Å². The number of para-hydroxylation sites is 1. The van der Waals surface area contributed by atoms with E-state index in [-0.39, 0.29) is 19.4 Å². The number of hydrogen-bond acceptors (Lipinski definition) is 4. The van der Waals surface area contributed by atoms with Crippen molar-refractivity contribution in [3.8, 4) is 0 Å². The van der Waals surface area contributed by atoms with Gasteiger partial charge in [-0.1, -0.05) is 32.0 Å². The summed E-state index contributed by atoms with van der Waals surface area (Å²) in [5, 5.41) is 11.2. The van der Waals surface area contributed by atoms with Crippen LogP contribution in [0, 0.1) is 0 Å². The molecule has 0 aliphatic rings. The SMILES string of the molecule is CCOC(=O)N(NC(=O)C(O)(CC)CC)c1ccccc1. The molecule has 1 aromatic rings. The minimum Gasteiger partial charge on any atom is -0.448 e. The Kier molecular flexibility index (Phi) is 6.17. The third-order valence-electron chi connectivity index (χ3n) is 3.27. The summed E-state index contributed by atoms with van der Waals surface area (Å²) in [7, 11) is 0. The van der Waals surface area contributed by atoms with E-state index >= 15 is 0 Å². The van der Waals surface area contributed by atoms with Crippen LogP contribution in [0.4, 0.5) is 10.5 Å². The first-order valence-electron chi connectivity index (χ1n) is 7.03. The molecular formula is C15H22N2O4. The van der Waals surface area contributed by atoms with Gasteiger partial charge in [-0.15, -0.1) is 0 Å². The van der Waals surface area contributed by atoms with Gasteiger partial charge in [-0.3, -0.25) is 10.2 Å². The Morgan fingerprint density at radius 3 is 2.24 bits per heavy atom.